The van der Waals surface area contributed by atoms with Gasteiger partial charge in [-0.25, -0.2) is 4.68 Å². The lowest BCUT2D eigenvalue weighted by molar-refractivity contribution is -0.0597. The third-order valence-corrected chi connectivity index (χ3v) is 10.8. The van der Waals surface area contributed by atoms with Gasteiger partial charge >= 0.3 is 15.2 Å². The molecule has 2 aromatic rings. The second-order valence-corrected chi connectivity index (χ2v) is 14.0. The summed E-state index contributed by atoms with van der Waals surface area (Å²) in [7, 11) is -9.66. The zero-order valence-electron chi connectivity index (χ0n) is 19.4. The van der Waals surface area contributed by atoms with Crippen LogP contribution >= 0.6 is 26.8 Å². The molecule has 202 valence electrons. The first kappa shape index (κ1) is 27.0. The minimum atomic E-state index is -4.88. The number of rotatable bonds is 7. The topological polar surface area (TPSA) is 201 Å². The molecule has 0 spiro atoms. The Morgan fingerprint density at radius 1 is 1.24 bits per heavy atom. The van der Waals surface area contributed by atoms with Gasteiger partial charge in [0.25, 0.3) is 0 Å². The Morgan fingerprint density at radius 3 is 2.54 bits per heavy atom. The van der Waals surface area contributed by atoms with E-state index in [0.717, 1.165) is 25.9 Å². The molecule has 0 amide bonds. The van der Waals surface area contributed by atoms with Crippen LogP contribution in [0.25, 0.3) is 11.0 Å². The van der Waals surface area contributed by atoms with E-state index >= 15 is 0 Å². The van der Waals surface area contributed by atoms with Gasteiger partial charge in [-0.05, 0) is 36.3 Å². The molecule has 5 N–H and O–H groups in total. The highest BCUT2D eigenvalue weighted by Gasteiger charge is 2.56. The summed E-state index contributed by atoms with van der Waals surface area (Å²) in [6.07, 6.45) is 5.75. The number of aliphatic hydroxyl groups excluding tert-OH is 1. The van der Waals surface area contributed by atoms with E-state index in [1.165, 1.54) is 17.3 Å². The van der Waals surface area contributed by atoms with Gasteiger partial charge < -0.3 is 39.1 Å². The largest absolute Gasteiger partial charge is 0.384 e. The summed E-state index contributed by atoms with van der Waals surface area (Å²) >= 11 is 6.24. The third kappa shape index (κ3) is 5.06. The Morgan fingerprint density at radius 2 is 1.92 bits per heavy atom. The molecule has 0 radical (unpaired) electrons. The molecule has 3 fully saturated rings. The van der Waals surface area contributed by atoms with Crippen LogP contribution in [-0.2, 0) is 18.4 Å². The van der Waals surface area contributed by atoms with Crippen LogP contribution in [0.4, 0.5) is 5.82 Å². The van der Waals surface area contributed by atoms with Gasteiger partial charge in [-0.15, -0.1) is 6.42 Å². The van der Waals surface area contributed by atoms with Crippen LogP contribution in [0.1, 0.15) is 25.5 Å². The minimum absolute atomic E-state index is 0.0560. The van der Waals surface area contributed by atoms with Crippen LogP contribution in [0, 0.1) is 24.2 Å². The predicted octanol–water partition coefficient (Wildman–Crippen LogP) is 0.676. The Balaban J connectivity index is 1.42. The number of ether oxygens (including phenoxy) is 1. The highest BCUT2D eigenvalue weighted by Crippen LogP contribution is 2.56. The molecule has 4 heterocycles. The summed E-state index contributed by atoms with van der Waals surface area (Å²) < 4.78 is 34.8. The SMILES string of the molecule is C#C[C@@]1(O)[C@@H](COP(=O)(O)CP(=O)(O)O)O[C@@H](n2ncc3c(N4C[C@H]5CCC[C@H]5C4)nc(Cl)nc32)[C@@H]1O. The molecule has 1 aliphatic carbocycles. The van der Waals surface area contributed by atoms with Gasteiger partial charge in [-0.3, -0.25) is 9.13 Å². The first-order chi connectivity index (χ1) is 17.3. The average molecular weight is 578 g/mol. The van der Waals surface area contributed by atoms with E-state index in [0.29, 0.717) is 23.0 Å². The fourth-order valence-corrected chi connectivity index (χ4v) is 8.19. The van der Waals surface area contributed by atoms with E-state index in [1.54, 1.807) is 0 Å². The van der Waals surface area contributed by atoms with Crippen molar-refractivity contribution in [1.82, 2.24) is 19.7 Å². The highest BCUT2D eigenvalue weighted by molar-refractivity contribution is 7.70. The maximum atomic E-state index is 12.1. The second-order valence-electron chi connectivity index (χ2n) is 9.67. The first-order valence-corrected chi connectivity index (χ1v) is 15.5. The molecule has 17 heteroatoms. The minimum Gasteiger partial charge on any atom is -0.384 e. The van der Waals surface area contributed by atoms with E-state index in [4.69, 9.17) is 37.1 Å². The number of hydrogen-bond acceptors (Lipinski definition) is 10. The van der Waals surface area contributed by atoms with Gasteiger partial charge in [0.2, 0.25) is 5.28 Å². The van der Waals surface area contributed by atoms with Crippen molar-refractivity contribution in [2.75, 3.05) is 30.5 Å². The monoisotopic (exact) mass is 577 g/mol. The molecular weight excluding hydrogens is 552 g/mol. The lowest BCUT2D eigenvalue weighted by Crippen LogP contribution is -2.48. The van der Waals surface area contributed by atoms with Gasteiger partial charge in [0.05, 0.1) is 18.2 Å². The molecule has 2 saturated heterocycles. The number of nitrogens with zero attached hydrogens (tertiary/aromatic N) is 5. The number of aromatic nitrogens is 4. The van der Waals surface area contributed by atoms with Crippen molar-refractivity contribution >= 4 is 43.6 Å². The van der Waals surface area contributed by atoms with Crippen molar-refractivity contribution < 1.29 is 43.3 Å². The zero-order valence-corrected chi connectivity index (χ0v) is 21.9. The molecule has 3 aliphatic rings. The van der Waals surface area contributed by atoms with Crippen molar-refractivity contribution in [3.8, 4) is 12.3 Å². The number of aliphatic hydroxyl groups is 2. The summed E-state index contributed by atoms with van der Waals surface area (Å²) in [4.78, 5) is 38.5. The molecule has 7 atom stereocenters. The van der Waals surface area contributed by atoms with E-state index in [-0.39, 0.29) is 10.9 Å². The maximum absolute atomic E-state index is 12.1. The molecule has 5 rings (SSSR count). The average Bonchev–Trinajstić information content (AvgIpc) is 3.54. The number of fused-ring (bicyclic) bond motifs is 2. The highest BCUT2D eigenvalue weighted by atomic mass is 35.5. The van der Waals surface area contributed by atoms with Crippen LogP contribution in [-0.4, -0.2) is 88.1 Å². The summed E-state index contributed by atoms with van der Waals surface area (Å²) in [6.45, 7) is 0.804. The molecule has 2 aliphatic heterocycles. The second kappa shape index (κ2) is 9.54. The summed E-state index contributed by atoms with van der Waals surface area (Å²) in [5.41, 5.74) is -2.18. The predicted molar refractivity (Wildman–Crippen MR) is 130 cm³/mol. The van der Waals surface area contributed by atoms with E-state index in [2.05, 4.69) is 20.0 Å². The Labute approximate surface area is 216 Å². The van der Waals surface area contributed by atoms with E-state index in [9.17, 15) is 24.2 Å². The third-order valence-electron chi connectivity index (χ3n) is 7.21. The Bertz CT molecular complexity index is 1340. The molecule has 14 nitrogen and oxygen atoms in total. The van der Waals surface area contributed by atoms with Crippen molar-refractivity contribution in [3.63, 3.8) is 0 Å². The molecular formula is C20H26ClN5O9P2. The van der Waals surface area contributed by atoms with Gasteiger partial charge in [-0.2, -0.15) is 15.1 Å². The first-order valence-electron chi connectivity index (χ1n) is 11.5. The smallest absolute Gasteiger partial charge is 0.340 e. The van der Waals surface area contributed by atoms with E-state index in [1.807, 2.05) is 5.92 Å². The number of hydrogen-bond donors (Lipinski definition) is 5. The van der Waals surface area contributed by atoms with Crippen LogP contribution in [0.2, 0.25) is 5.28 Å². The number of halogens is 1. The normalized spacial score (nSPS) is 33.5. The number of terminal acetylenes is 1. The lowest BCUT2D eigenvalue weighted by Gasteiger charge is -2.25. The van der Waals surface area contributed by atoms with Crippen LogP contribution in [0.5, 0.6) is 0 Å². The number of anilines is 1. The van der Waals surface area contributed by atoms with Crippen LogP contribution < -0.4 is 4.90 Å². The molecule has 1 saturated carbocycles. The standard InChI is InChI=1S/C20H26ClN5O9P2/c1-2-20(28)14(9-34-37(32,33)10-36(29,30)31)35-18(15(20)27)26-17-13(6-22-26)16(23-19(21)24-17)25-7-11-4-3-5-12(11)8-25/h1,6,11-12,14-15,18,27-28H,3-5,7-10H2,(H,32,33)(H2,29,30,31)/t11-,12+,14-,15+,18-,20-/m1/s1. The fraction of sp³-hybridized carbons (Fsp3) is 0.650. The quantitative estimate of drug-likeness (QED) is 0.175. The van der Waals surface area contributed by atoms with Crippen LogP contribution in [0.3, 0.4) is 0 Å². The van der Waals surface area contributed by atoms with Gasteiger partial charge in [0.1, 0.15) is 18.0 Å². The van der Waals surface area contributed by atoms with Crippen molar-refractivity contribution in [1.29, 1.82) is 0 Å². The Kier molecular flexibility index (Phi) is 6.95. The summed E-state index contributed by atoms with van der Waals surface area (Å²) in [6, 6.07) is 0. The van der Waals surface area contributed by atoms with Crippen molar-refractivity contribution in [2.24, 2.45) is 11.8 Å². The van der Waals surface area contributed by atoms with Gasteiger partial charge in [0.15, 0.2) is 23.4 Å². The maximum Gasteiger partial charge on any atom is 0.340 e. The molecule has 2 aromatic heterocycles. The molecule has 1 unspecified atom stereocenters. The molecule has 0 aromatic carbocycles. The molecule has 0 bridgehead atoms. The zero-order chi connectivity index (χ0) is 26.8. The van der Waals surface area contributed by atoms with E-state index < -0.39 is 51.7 Å². The Hall–Kier alpha value is -1.62. The van der Waals surface area contributed by atoms with Crippen molar-refractivity contribution in [2.45, 2.75) is 43.3 Å². The lowest BCUT2D eigenvalue weighted by atomic mass is 9.93. The van der Waals surface area contributed by atoms with Crippen LogP contribution in [0.15, 0.2) is 6.20 Å². The van der Waals surface area contributed by atoms with Crippen molar-refractivity contribution in [3.05, 3.63) is 11.5 Å². The van der Waals surface area contributed by atoms with Gasteiger partial charge in [0, 0.05) is 13.1 Å². The summed E-state index contributed by atoms with van der Waals surface area (Å²) in [5, 5.41) is 26.6. The fourth-order valence-electron chi connectivity index (χ4n) is 5.47. The summed E-state index contributed by atoms with van der Waals surface area (Å²) in [5.74, 6) is 2.34. The van der Waals surface area contributed by atoms with Gasteiger partial charge in [-0.1, -0.05) is 12.3 Å². The molecule has 37 heavy (non-hydrogen) atoms.